The summed E-state index contributed by atoms with van der Waals surface area (Å²) in [5, 5.41) is 28.4. The number of imidazole rings is 1. The quantitative estimate of drug-likeness (QED) is 0.524. The lowest BCUT2D eigenvalue weighted by atomic mass is 10.1. The zero-order valence-electron chi connectivity index (χ0n) is 11.7. The number of fused-ring (bicyclic) bond motifs is 1. The van der Waals surface area contributed by atoms with Gasteiger partial charge in [-0.3, -0.25) is 4.57 Å². The summed E-state index contributed by atoms with van der Waals surface area (Å²) in [7, 11) is 0. The number of hydrogen-bond donors (Lipinski definition) is 4. The number of aliphatic hydroxyl groups excluding tert-OH is 3. The maximum atomic E-state index is 10.2. The molecule has 4 atom stereocenters. The second kappa shape index (κ2) is 5.73. The van der Waals surface area contributed by atoms with Gasteiger partial charge in [0.1, 0.15) is 17.0 Å². The number of hydrogen-bond acceptors (Lipinski definition) is 8. The van der Waals surface area contributed by atoms with Gasteiger partial charge < -0.3 is 21.1 Å². The second-order valence-electron chi connectivity index (χ2n) is 4.86. The Kier molecular flexibility index (Phi) is 3.92. The zero-order chi connectivity index (χ0) is 15.9. The summed E-state index contributed by atoms with van der Waals surface area (Å²) < 4.78 is 1.63. The summed E-state index contributed by atoms with van der Waals surface area (Å²) >= 11 is 1.26. The van der Waals surface area contributed by atoms with Crippen LogP contribution in [0.5, 0.6) is 0 Å². The van der Waals surface area contributed by atoms with E-state index in [1.165, 1.54) is 18.1 Å². The standard InChI is InChI=1S/C13H15N5O3S/c1-2-3-7-16-11(14)8-12(17-7)18(5-15-8)13-10(21)9(20)6(4-19)22-13/h5-6,9-10,13,19-21H,4H2,1H3,(H2,14,16,17)/t6-,9-,10-,13+/m1/s1. The van der Waals surface area contributed by atoms with E-state index in [0.29, 0.717) is 11.2 Å². The fourth-order valence-electron chi connectivity index (χ4n) is 2.40. The summed E-state index contributed by atoms with van der Waals surface area (Å²) in [5.41, 5.74) is 6.71. The van der Waals surface area contributed by atoms with Gasteiger partial charge in [0, 0.05) is 0 Å². The van der Waals surface area contributed by atoms with Gasteiger partial charge >= 0.3 is 0 Å². The summed E-state index contributed by atoms with van der Waals surface area (Å²) in [6.45, 7) is 1.44. The van der Waals surface area contributed by atoms with Crippen molar-refractivity contribution in [2.24, 2.45) is 0 Å². The van der Waals surface area contributed by atoms with Gasteiger partial charge in [-0.25, -0.2) is 15.0 Å². The van der Waals surface area contributed by atoms with E-state index in [9.17, 15) is 15.3 Å². The van der Waals surface area contributed by atoms with Crippen molar-refractivity contribution in [3.63, 3.8) is 0 Å². The molecule has 2 aromatic rings. The largest absolute Gasteiger partial charge is 0.395 e. The number of nitrogen functional groups attached to an aromatic ring is 1. The smallest absolute Gasteiger partial charge is 0.208 e. The molecule has 0 radical (unpaired) electrons. The monoisotopic (exact) mass is 321 g/mol. The molecule has 0 aliphatic carbocycles. The Labute approximate surface area is 130 Å². The van der Waals surface area contributed by atoms with Gasteiger partial charge in [0.15, 0.2) is 11.5 Å². The van der Waals surface area contributed by atoms with Crippen molar-refractivity contribution in [2.45, 2.75) is 29.8 Å². The number of aliphatic hydroxyl groups is 3. The van der Waals surface area contributed by atoms with Crippen LogP contribution in [0.4, 0.5) is 5.82 Å². The van der Waals surface area contributed by atoms with Crippen LogP contribution in [0.2, 0.25) is 0 Å². The molecular weight excluding hydrogens is 306 g/mol. The van der Waals surface area contributed by atoms with Crippen LogP contribution in [0.15, 0.2) is 6.33 Å². The van der Waals surface area contributed by atoms with Crippen molar-refractivity contribution in [2.75, 3.05) is 12.3 Å². The second-order valence-corrected chi connectivity index (χ2v) is 6.22. The Morgan fingerprint density at radius 1 is 1.36 bits per heavy atom. The molecule has 0 bridgehead atoms. The lowest BCUT2D eigenvalue weighted by Crippen LogP contribution is -2.32. The minimum atomic E-state index is -1.04. The minimum Gasteiger partial charge on any atom is -0.395 e. The van der Waals surface area contributed by atoms with E-state index in [2.05, 4.69) is 26.8 Å². The molecule has 22 heavy (non-hydrogen) atoms. The highest BCUT2D eigenvalue weighted by molar-refractivity contribution is 8.00. The first kappa shape index (κ1) is 15.1. The predicted octanol–water partition coefficient (Wildman–Crippen LogP) is -0.892. The average Bonchev–Trinajstić information content (AvgIpc) is 3.03. The zero-order valence-corrected chi connectivity index (χ0v) is 12.5. The van der Waals surface area contributed by atoms with Gasteiger partial charge in [0.25, 0.3) is 0 Å². The molecule has 1 aliphatic rings. The molecule has 5 N–H and O–H groups in total. The summed E-state index contributed by atoms with van der Waals surface area (Å²) in [5.74, 6) is 5.91. The molecule has 0 unspecified atom stereocenters. The third kappa shape index (κ3) is 2.30. The van der Waals surface area contributed by atoms with Crippen molar-refractivity contribution >= 4 is 28.7 Å². The fourth-order valence-corrected chi connectivity index (χ4v) is 3.78. The summed E-state index contributed by atoms with van der Waals surface area (Å²) in [6.07, 6.45) is -0.574. The van der Waals surface area contributed by atoms with Crippen molar-refractivity contribution in [1.82, 2.24) is 19.5 Å². The third-order valence-corrected chi connectivity index (χ3v) is 5.04. The Bertz CT molecular complexity index is 768. The van der Waals surface area contributed by atoms with Crippen molar-refractivity contribution in [1.29, 1.82) is 0 Å². The predicted molar refractivity (Wildman–Crippen MR) is 81.8 cm³/mol. The van der Waals surface area contributed by atoms with E-state index in [-0.39, 0.29) is 18.2 Å². The van der Waals surface area contributed by atoms with E-state index in [4.69, 9.17) is 5.73 Å². The number of rotatable bonds is 2. The first-order chi connectivity index (χ1) is 10.6. The molecule has 0 amide bonds. The van der Waals surface area contributed by atoms with Crippen LogP contribution in [0.1, 0.15) is 18.1 Å². The molecule has 8 nitrogen and oxygen atoms in total. The first-order valence-electron chi connectivity index (χ1n) is 6.62. The molecule has 1 aliphatic heterocycles. The van der Waals surface area contributed by atoms with Gasteiger partial charge in [0.2, 0.25) is 5.82 Å². The maximum absolute atomic E-state index is 10.2. The molecule has 116 valence electrons. The van der Waals surface area contributed by atoms with Crippen molar-refractivity contribution < 1.29 is 15.3 Å². The molecule has 1 fully saturated rings. The molecule has 1 saturated heterocycles. The highest BCUT2D eigenvalue weighted by atomic mass is 32.2. The van der Waals surface area contributed by atoms with E-state index >= 15 is 0 Å². The normalized spacial score (nSPS) is 27.8. The molecule has 2 aromatic heterocycles. The van der Waals surface area contributed by atoms with E-state index in [1.54, 1.807) is 11.5 Å². The van der Waals surface area contributed by atoms with Crippen LogP contribution in [-0.2, 0) is 0 Å². The van der Waals surface area contributed by atoms with E-state index < -0.39 is 22.8 Å². The molecule has 3 rings (SSSR count). The Hall–Kier alpha value is -1.86. The Morgan fingerprint density at radius 2 is 2.14 bits per heavy atom. The van der Waals surface area contributed by atoms with Crippen LogP contribution >= 0.6 is 11.8 Å². The van der Waals surface area contributed by atoms with E-state index in [1.807, 2.05) is 0 Å². The molecule has 0 saturated carbocycles. The van der Waals surface area contributed by atoms with Crippen LogP contribution in [0.25, 0.3) is 11.2 Å². The third-order valence-electron chi connectivity index (χ3n) is 3.48. The highest BCUT2D eigenvalue weighted by Crippen LogP contribution is 2.42. The van der Waals surface area contributed by atoms with Gasteiger partial charge in [-0.1, -0.05) is 5.92 Å². The SMILES string of the molecule is CC#Cc1nc(N)c2ncn([C@H]3S[C@H](CO)[C@@H](O)[C@H]3O)c2n1. The van der Waals surface area contributed by atoms with Crippen molar-refractivity contribution in [3.05, 3.63) is 12.2 Å². The summed E-state index contributed by atoms with van der Waals surface area (Å²) in [6, 6.07) is 0. The molecule has 3 heterocycles. The van der Waals surface area contributed by atoms with Gasteiger partial charge in [-0.05, 0) is 12.8 Å². The Morgan fingerprint density at radius 3 is 2.77 bits per heavy atom. The van der Waals surface area contributed by atoms with Crippen molar-refractivity contribution in [3.8, 4) is 11.8 Å². The van der Waals surface area contributed by atoms with Crippen LogP contribution in [0.3, 0.4) is 0 Å². The molecule has 0 aromatic carbocycles. The van der Waals surface area contributed by atoms with Crippen LogP contribution < -0.4 is 5.73 Å². The number of aromatic nitrogens is 4. The maximum Gasteiger partial charge on any atom is 0.208 e. The molecular formula is C13H15N5O3S. The summed E-state index contributed by atoms with van der Waals surface area (Å²) in [4.78, 5) is 12.5. The Balaban J connectivity index is 2.09. The van der Waals surface area contributed by atoms with Gasteiger partial charge in [0.05, 0.1) is 24.3 Å². The number of thioether (sulfide) groups is 1. The van der Waals surface area contributed by atoms with E-state index in [0.717, 1.165) is 0 Å². The van der Waals surface area contributed by atoms with Gasteiger partial charge in [-0.2, -0.15) is 0 Å². The topological polar surface area (TPSA) is 130 Å². The van der Waals surface area contributed by atoms with Gasteiger partial charge in [-0.15, -0.1) is 11.8 Å². The number of anilines is 1. The fraction of sp³-hybridized carbons (Fsp3) is 0.462. The average molecular weight is 321 g/mol. The minimum absolute atomic E-state index is 0.207. The lowest BCUT2D eigenvalue weighted by Gasteiger charge is -2.17. The first-order valence-corrected chi connectivity index (χ1v) is 7.56. The molecule has 0 spiro atoms. The van der Waals surface area contributed by atoms with Crippen LogP contribution in [-0.4, -0.2) is 58.9 Å². The lowest BCUT2D eigenvalue weighted by molar-refractivity contribution is 0.0113. The highest BCUT2D eigenvalue weighted by Gasteiger charge is 2.43. The van der Waals surface area contributed by atoms with Crippen LogP contribution in [0, 0.1) is 11.8 Å². The number of nitrogens with two attached hydrogens (primary N) is 1. The molecule has 9 heteroatoms. The number of nitrogens with zero attached hydrogens (tertiary/aromatic N) is 4.